The summed E-state index contributed by atoms with van der Waals surface area (Å²) in [5, 5.41) is 10.1. The molecule has 0 aliphatic carbocycles. The van der Waals surface area contributed by atoms with Crippen LogP contribution in [0.25, 0.3) is 0 Å². The third kappa shape index (κ3) is 3.27. The van der Waals surface area contributed by atoms with Crippen LogP contribution in [0.2, 0.25) is 0 Å². The molecule has 0 spiro atoms. The number of nitrogens with zero attached hydrogens (tertiary/aromatic N) is 4. The molecule has 1 aliphatic heterocycles. The lowest BCUT2D eigenvalue weighted by molar-refractivity contribution is 0.389. The van der Waals surface area contributed by atoms with Gasteiger partial charge in [-0.2, -0.15) is 15.1 Å². The second-order valence-electron chi connectivity index (χ2n) is 6.21. The molecule has 1 atom stereocenters. The molecule has 0 radical (unpaired) electrons. The number of benzene rings is 2. The maximum atomic E-state index is 14.4. The van der Waals surface area contributed by atoms with E-state index < -0.39 is 16.5 Å². The van der Waals surface area contributed by atoms with Gasteiger partial charge in [0.2, 0.25) is 0 Å². The molecule has 0 saturated heterocycles. The van der Waals surface area contributed by atoms with E-state index in [2.05, 4.69) is 15.2 Å². The second kappa shape index (κ2) is 7.69. The Labute approximate surface area is 164 Å². The molecule has 3 aromatic rings. The second-order valence-corrected chi connectivity index (χ2v) is 7.48. The molecule has 6 nitrogen and oxygen atoms in total. The monoisotopic (exact) mass is 401 g/mol. The van der Waals surface area contributed by atoms with Crippen molar-refractivity contribution in [2.45, 2.75) is 17.7 Å². The Morgan fingerprint density at radius 1 is 1.14 bits per heavy atom. The number of thioether (sulfide) groups is 1. The van der Waals surface area contributed by atoms with Gasteiger partial charge in [-0.05, 0) is 43.1 Å². The van der Waals surface area contributed by atoms with Crippen molar-refractivity contribution in [2.24, 2.45) is 10.8 Å². The smallest absolute Gasteiger partial charge is 0.330 e. The predicted octanol–water partition coefficient (Wildman–Crippen LogP) is 3.85. The highest BCUT2D eigenvalue weighted by Crippen LogP contribution is 2.51. The van der Waals surface area contributed by atoms with Gasteiger partial charge in [-0.25, -0.2) is 8.78 Å². The molecule has 0 fully saturated rings. The molecule has 0 saturated carbocycles. The van der Waals surface area contributed by atoms with Gasteiger partial charge in [-0.1, -0.05) is 47.3 Å². The number of anilines is 1. The van der Waals surface area contributed by atoms with Gasteiger partial charge in [0.25, 0.3) is 0 Å². The highest BCUT2D eigenvalue weighted by Gasteiger charge is 2.48. The van der Waals surface area contributed by atoms with E-state index in [1.807, 2.05) is 30.3 Å². The molecule has 2 N–H and O–H groups in total. The van der Waals surface area contributed by atoms with Crippen LogP contribution in [0.15, 0.2) is 64.5 Å². The van der Waals surface area contributed by atoms with Gasteiger partial charge in [0.05, 0.1) is 0 Å². The standard InChI is InChI=1S/C19H17F2N5OS/c20-14-7-8-16(21)15(11-14)17-25-26(18-23-12-24-27-18)19(28-17,9-4-10-22)13-5-2-1-3-6-13/h1-3,5-8,11-12H,4,9-10,22H2. The lowest BCUT2D eigenvalue weighted by atomic mass is 10.0. The largest absolute Gasteiger partial charge is 0.345 e. The summed E-state index contributed by atoms with van der Waals surface area (Å²) < 4.78 is 33.5. The Balaban J connectivity index is 1.86. The summed E-state index contributed by atoms with van der Waals surface area (Å²) in [7, 11) is 0. The summed E-state index contributed by atoms with van der Waals surface area (Å²) in [5.74, 6) is -1.09. The minimum Gasteiger partial charge on any atom is -0.330 e. The number of hydrogen-bond acceptors (Lipinski definition) is 7. The SMILES string of the molecule is NCCCC1(c2ccccc2)SC(c2cc(F)ccc2F)=NN1c1ncno1. The molecular weight excluding hydrogens is 384 g/mol. The highest BCUT2D eigenvalue weighted by molar-refractivity contribution is 8.15. The van der Waals surface area contributed by atoms with Gasteiger partial charge in [0.15, 0.2) is 6.33 Å². The van der Waals surface area contributed by atoms with E-state index in [9.17, 15) is 8.78 Å². The minimum atomic E-state index is -0.777. The molecule has 4 rings (SSSR count). The molecular formula is C19H17F2N5OS. The molecule has 0 bridgehead atoms. The normalized spacial score (nSPS) is 19.1. The summed E-state index contributed by atoms with van der Waals surface area (Å²) >= 11 is 1.32. The van der Waals surface area contributed by atoms with Crippen molar-refractivity contribution in [1.82, 2.24) is 10.1 Å². The summed E-state index contributed by atoms with van der Waals surface area (Å²) in [6, 6.07) is 13.1. The summed E-state index contributed by atoms with van der Waals surface area (Å²) in [6.07, 6.45) is 2.54. The van der Waals surface area contributed by atoms with E-state index in [1.54, 1.807) is 5.01 Å². The molecule has 2 heterocycles. The lowest BCUT2D eigenvalue weighted by Crippen LogP contribution is -2.38. The topological polar surface area (TPSA) is 80.5 Å². The lowest BCUT2D eigenvalue weighted by Gasteiger charge is -2.34. The van der Waals surface area contributed by atoms with Crippen molar-refractivity contribution >= 4 is 22.8 Å². The van der Waals surface area contributed by atoms with Crippen molar-refractivity contribution in [1.29, 1.82) is 0 Å². The van der Waals surface area contributed by atoms with Gasteiger partial charge >= 0.3 is 6.01 Å². The van der Waals surface area contributed by atoms with Crippen LogP contribution in [0.4, 0.5) is 14.8 Å². The average molecular weight is 401 g/mol. The number of hydrazone groups is 1. The summed E-state index contributed by atoms with van der Waals surface area (Å²) in [6.45, 7) is 0.469. The fourth-order valence-electron chi connectivity index (χ4n) is 3.15. The van der Waals surface area contributed by atoms with E-state index in [1.165, 1.54) is 18.1 Å². The van der Waals surface area contributed by atoms with Gasteiger partial charge in [0, 0.05) is 5.56 Å². The van der Waals surface area contributed by atoms with Crippen molar-refractivity contribution in [3.05, 3.63) is 77.6 Å². The summed E-state index contributed by atoms with van der Waals surface area (Å²) in [5.41, 5.74) is 6.77. The number of aromatic nitrogens is 2. The third-order valence-corrected chi connectivity index (χ3v) is 5.88. The van der Waals surface area contributed by atoms with Crippen LogP contribution in [-0.2, 0) is 4.87 Å². The molecule has 9 heteroatoms. The quantitative estimate of drug-likeness (QED) is 0.676. The Morgan fingerprint density at radius 2 is 1.96 bits per heavy atom. The molecule has 144 valence electrons. The van der Waals surface area contributed by atoms with Crippen LogP contribution < -0.4 is 10.7 Å². The van der Waals surface area contributed by atoms with E-state index in [-0.39, 0.29) is 11.6 Å². The Hall–Kier alpha value is -2.78. The van der Waals surface area contributed by atoms with Crippen LogP contribution in [0, 0.1) is 11.6 Å². The predicted molar refractivity (Wildman–Crippen MR) is 104 cm³/mol. The van der Waals surface area contributed by atoms with Crippen LogP contribution in [0.1, 0.15) is 24.0 Å². The number of nitrogens with two attached hydrogens (primary N) is 1. The molecule has 0 amide bonds. The van der Waals surface area contributed by atoms with E-state index >= 15 is 0 Å². The van der Waals surface area contributed by atoms with Crippen molar-refractivity contribution in [3.8, 4) is 0 Å². The average Bonchev–Trinajstić information content (AvgIpc) is 3.37. The fraction of sp³-hybridized carbons (Fsp3) is 0.211. The van der Waals surface area contributed by atoms with Gasteiger partial charge in [-0.3, -0.25) is 0 Å². The first kappa shape index (κ1) is 18.6. The highest BCUT2D eigenvalue weighted by atomic mass is 32.2. The maximum absolute atomic E-state index is 14.4. The Kier molecular flexibility index (Phi) is 5.10. The van der Waals surface area contributed by atoms with Crippen LogP contribution >= 0.6 is 11.8 Å². The van der Waals surface area contributed by atoms with Crippen LogP contribution in [0.3, 0.4) is 0 Å². The zero-order valence-electron chi connectivity index (χ0n) is 14.8. The zero-order chi connectivity index (χ0) is 19.6. The molecule has 1 unspecified atom stereocenters. The van der Waals surface area contributed by atoms with Gasteiger partial charge in [-0.15, -0.1) is 0 Å². The molecule has 1 aromatic heterocycles. The van der Waals surface area contributed by atoms with Crippen LogP contribution in [-0.4, -0.2) is 21.7 Å². The van der Waals surface area contributed by atoms with Crippen molar-refractivity contribution in [2.75, 3.05) is 11.6 Å². The molecule has 1 aliphatic rings. The fourth-order valence-corrected chi connectivity index (χ4v) is 4.56. The first-order valence-electron chi connectivity index (χ1n) is 8.69. The van der Waals surface area contributed by atoms with Crippen molar-refractivity contribution < 1.29 is 13.3 Å². The van der Waals surface area contributed by atoms with E-state index in [0.717, 1.165) is 23.8 Å². The van der Waals surface area contributed by atoms with Crippen molar-refractivity contribution in [3.63, 3.8) is 0 Å². The van der Waals surface area contributed by atoms with Gasteiger partial charge in [0.1, 0.15) is 21.5 Å². The number of hydrogen-bond donors (Lipinski definition) is 1. The van der Waals surface area contributed by atoms with E-state index in [0.29, 0.717) is 24.4 Å². The molecule has 2 aromatic carbocycles. The van der Waals surface area contributed by atoms with E-state index in [4.69, 9.17) is 10.3 Å². The Bertz CT molecular complexity index is 983. The first-order valence-corrected chi connectivity index (χ1v) is 9.51. The summed E-state index contributed by atoms with van der Waals surface area (Å²) in [4.78, 5) is 3.35. The molecule has 28 heavy (non-hydrogen) atoms. The Morgan fingerprint density at radius 3 is 2.68 bits per heavy atom. The third-order valence-electron chi connectivity index (χ3n) is 4.43. The minimum absolute atomic E-state index is 0.0834. The van der Waals surface area contributed by atoms with Gasteiger partial charge < -0.3 is 10.3 Å². The number of rotatable bonds is 6. The zero-order valence-corrected chi connectivity index (χ0v) is 15.6. The number of halogens is 2. The maximum Gasteiger partial charge on any atom is 0.345 e. The van der Waals surface area contributed by atoms with Crippen LogP contribution in [0.5, 0.6) is 0 Å². The first-order chi connectivity index (χ1) is 13.6.